The standard InChI is InChI=1S/C11H9ClN2O3/c1-6-8(12)3-2-4-9(6)14-10(15)7(5-13-14)11(16)17/h2-5,13H,1H3,(H,16,17). The number of carbonyl (C=O) groups is 1. The lowest BCUT2D eigenvalue weighted by Gasteiger charge is -2.06. The zero-order chi connectivity index (χ0) is 12.6. The van der Waals surface area contributed by atoms with Gasteiger partial charge in [-0.05, 0) is 24.6 Å². The molecule has 0 aliphatic heterocycles. The number of carboxylic acids is 1. The van der Waals surface area contributed by atoms with Gasteiger partial charge in [0.1, 0.15) is 5.56 Å². The van der Waals surface area contributed by atoms with Crippen LogP contribution >= 0.6 is 11.6 Å². The molecule has 6 heteroatoms. The number of carboxylic acid groups (broad SMARTS) is 1. The quantitative estimate of drug-likeness (QED) is 0.856. The van der Waals surface area contributed by atoms with Crippen molar-refractivity contribution in [2.75, 3.05) is 0 Å². The predicted octanol–water partition coefficient (Wildman–Crippen LogP) is 1.83. The summed E-state index contributed by atoms with van der Waals surface area (Å²) in [7, 11) is 0. The van der Waals surface area contributed by atoms with Gasteiger partial charge in [-0.3, -0.25) is 9.89 Å². The first-order valence-electron chi connectivity index (χ1n) is 4.81. The zero-order valence-corrected chi connectivity index (χ0v) is 9.65. The molecule has 2 aromatic rings. The van der Waals surface area contributed by atoms with Crippen LogP contribution in [0.4, 0.5) is 0 Å². The van der Waals surface area contributed by atoms with Gasteiger partial charge in [0, 0.05) is 11.2 Å². The molecule has 1 aromatic heterocycles. The second-order valence-corrected chi connectivity index (χ2v) is 3.92. The van der Waals surface area contributed by atoms with E-state index in [0.29, 0.717) is 16.3 Å². The van der Waals surface area contributed by atoms with Gasteiger partial charge in [0.05, 0.1) is 5.69 Å². The maximum atomic E-state index is 11.8. The highest BCUT2D eigenvalue weighted by Gasteiger charge is 2.15. The number of aromatic amines is 1. The molecule has 0 radical (unpaired) electrons. The first-order valence-corrected chi connectivity index (χ1v) is 5.19. The molecule has 1 heterocycles. The first-order chi connectivity index (χ1) is 8.02. The second kappa shape index (κ2) is 4.10. The van der Waals surface area contributed by atoms with Gasteiger partial charge >= 0.3 is 5.97 Å². The van der Waals surface area contributed by atoms with E-state index in [1.807, 2.05) is 0 Å². The number of halogens is 1. The Morgan fingerprint density at radius 2 is 2.18 bits per heavy atom. The number of H-pyrrole nitrogens is 1. The van der Waals surface area contributed by atoms with Crippen molar-refractivity contribution in [2.45, 2.75) is 6.92 Å². The third-order valence-electron chi connectivity index (χ3n) is 2.48. The summed E-state index contributed by atoms with van der Waals surface area (Å²) >= 11 is 5.94. The van der Waals surface area contributed by atoms with E-state index in [1.165, 1.54) is 0 Å². The Balaban J connectivity index is 2.66. The average molecular weight is 253 g/mol. The van der Waals surface area contributed by atoms with Gasteiger partial charge in [-0.1, -0.05) is 17.7 Å². The van der Waals surface area contributed by atoms with E-state index in [2.05, 4.69) is 5.10 Å². The van der Waals surface area contributed by atoms with Crippen LogP contribution in [0.5, 0.6) is 0 Å². The van der Waals surface area contributed by atoms with Crippen molar-refractivity contribution in [1.29, 1.82) is 0 Å². The lowest BCUT2D eigenvalue weighted by Crippen LogP contribution is -2.20. The molecule has 5 nitrogen and oxygen atoms in total. The summed E-state index contributed by atoms with van der Waals surface area (Å²) in [6, 6.07) is 5.08. The fourth-order valence-electron chi connectivity index (χ4n) is 1.54. The third kappa shape index (κ3) is 1.85. The van der Waals surface area contributed by atoms with Gasteiger partial charge in [0.25, 0.3) is 5.56 Å². The van der Waals surface area contributed by atoms with E-state index in [9.17, 15) is 9.59 Å². The van der Waals surface area contributed by atoms with Gasteiger partial charge in [-0.2, -0.15) is 0 Å². The largest absolute Gasteiger partial charge is 0.477 e. The molecule has 0 saturated heterocycles. The monoisotopic (exact) mass is 252 g/mol. The van der Waals surface area contributed by atoms with Crippen molar-refractivity contribution in [1.82, 2.24) is 9.78 Å². The highest BCUT2D eigenvalue weighted by molar-refractivity contribution is 6.31. The molecule has 0 atom stereocenters. The smallest absolute Gasteiger partial charge is 0.342 e. The molecule has 0 aliphatic rings. The van der Waals surface area contributed by atoms with Crippen LogP contribution in [0.2, 0.25) is 5.02 Å². The SMILES string of the molecule is Cc1c(Cl)cccc1-n1[nH]cc(C(=O)O)c1=O. The molecule has 2 N–H and O–H groups in total. The number of aromatic nitrogens is 2. The van der Waals surface area contributed by atoms with Crippen molar-refractivity contribution in [3.63, 3.8) is 0 Å². The van der Waals surface area contributed by atoms with Crippen molar-refractivity contribution in [2.24, 2.45) is 0 Å². The van der Waals surface area contributed by atoms with Gasteiger partial charge < -0.3 is 5.11 Å². The molecular weight excluding hydrogens is 244 g/mol. The highest BCUT2D eigenvalue weighted by atomic mass is 35.5. The fourth-order valence-corrected chi connectivity index (χ4v) is 1.71. The molecule has 2 rings (SSSR count). The summed E-state index contributed by atoms with van der Waals surface area (Å²) < 4.78 is 1.16. The number of rotatable bonds is 2. The molecule has 0 fully saturated rings. The molecule has 88 valence electrons. The number of hydrogen-bond acceptors (Lipinski definition) is 2. The summed E-state index contributed by atoms with van der Waals surface area (Å²) in [5.74, 6) is -1.26. The lowest BCUT2D eigenvalue weighted by atomic mass is 10.2. The Labute approximate surface area is 101 Å². The molecule has 0 unspecified atom stereocenters. The van der Waals surface area contributed by atoms with E-state index in [-0.39, 0.29) is 5.56 Å². The topological polar surface area (TPSA) is 75.1 Å². The summed E-state index contributed by atoms with van der Waals surface area (Å²) in [4.78, 5) is 22.5. The van der Waals surface area contributed by atoms with Crippen LogP contribution in [0.15, 0.2) is 29.2 Å². The van der Waals surface area contributed by atoms with Gasteiger partial charge in [0.2, 0.25) is 0 Å². The summed E-state index contributed by atoms with van der Waals surface area (Å²) in [5, 5.41) is 11.9. The fraction of sp³-hybridized carbons (Fsp3) is 0.0909. The van der Waals surface area contributed by atoms with Crippen LogP contribution in [0.3, 0.4) is 0 Å². The molecule has 0 saturated carbocycles. The van der Waals surface area contributed by atoms with E-state index < -0.39 is 11.5 Å². The van der Waals surface area contributed by atoms with Crippen molar-refractivity contribution in [3.05, 3.63) is 50.9 Å². The Morgan fingerprint density at radius 1 is 1.47 bits per heavy atom. The Morgan fingerprint density at radius 3 is 2.76 bits per heavy atom. The third-order valence-corrected chi connectivity index (χ3v) is 2.89. The molecular formula is C11H9ClN2O3. The van der Waals surface area contributed by atoms with Crippen molar-refractivity contribution >= 4 is 17.6 Å². The normalized spacial score (nSPS) is 10.5. The van der Waals surface area contributed by atoms with E-state index >= 15 is 0 Å². The highest BCUT2D eigenvalue weighted by Crippen LogP contribution is 2.20. The van der Waals surface area contributed by atoms with Crippen LogP contribution in [-0.2, 0) is 0 Å². The van der Waals surface area contributed by atoms with Crippen LogP contribution in [0.1, 0.15) is 15.9 Å². The summed E-state index contributed by atoms with van der Waals surface area (Å²) in [5.41, 5.74) is 0.331. The number of benzene rings is 1. The lowest BCUT2D eigenvalue weighted by molar-refractivity contribution is 0.0695. The Bertz CT molecular complexity index is 642. The summed E-state index contributed by atoms with van der Waals surface area (Å²) in [6.07, 6.45) is 1.16. The van der Waals surface area contributed by atoms with Gasteiger partial charge in [-0.15, -0.1) is 0 Å². The van der Waals surface area contributed by atoms with E-state index in [1.54, 1.807) is 25.1 Å². The molecule has 0 spiro atoms. The maximum absolute atomic E-state index is 11.8. The van der Waals surface area contributed by atoms with Crippen LogP contribution in [0.25, 0.3) is 5.69 Å². The Hall–Kier alpha value is -2.01. The molecule has 0 amide bonds. The predicted molar refractivity (Wildman–Crippen MR) is 63.1 cm³/mol. The molecule has 1 aromatic carbocycles. The Kier molecular flexibility index (Phi) is 2.77. The van der Waals surface area contributed by atoms with Crippen LogP contribution in [0, 0.1) is 6.92 Å². The minimum atomic E-state index is -1.26. The van der Waals surface area contributed by atoms with Crippen LogP contribution in [-0.4, -0.2) is 20.9 Å². The summed E-state index contributed by atoms with van der Waals surface area (Å²) in [6.45, 7) is 1.76. The van der Waals surface area contributed by atoms with Crippen molar-refractivity contribution in [3.8, 4) is 5.69 Å². The van der Waals surface area contributed by atoms with Crippen LogP contribution < -0.4 is 5.56 Å². The number of nitrogens with zero attached hydrogens (tertiary/aromatic N) is 1. The second-order valence-electron chi connectivity index (χ2n) is 3.52. The molecule has 0 bridgehead atoms. The first kappa shape index (κ1) is 11.5. The van der Waals surface area contributed by atoms with E-state index in [0.717, 1.165) is 10.9 Å². The average Bonchev–Trinajstić information content (AvgIpc) is 2.64. The number of hydrogen-bond donors (Lipinski definition) is 2. The minimum absolute atomic E-state index is 0.302. The van der Waals surface area contributed by atoms with Gasteiger partial charge in [0.15, 0.2) is 0 Å². The number of nitrogens with one attached hydrogen (secondary N) is 1. The molecule has 17 heavy (non-hydrogen) atoms. The minimum Gasteiger partial charge on any atom is -0.477 e. The van der Waals surface area contributed by atoms with Crippen molar-refractivity contribution < 1.29 is 9.90 Å². The maximum Gasteiger partial charge on any atom is 0.342 e. The number of aromatic carboxylic acids is 1. The molecule has 0 aliphatic carbocycles. The zero-order valence-electron chi connectivity index (χ0n) is 8.90. The van der Waals surface area contributed by atoms with Gasteiger partial charge in [-0.25, -0.2) is 9.48 Å². The van der Waals surface area contributed by atoms with E-state index in [4.69, 9.17) is 16.7 Å².